The number of aliphatic hydroxyl groups is 1. The molecule has 1 aromatic carbocycles. The minimum atomic E-state index is -0.802. The lowest BCUT2D eigenvalue weighted by Gasteiger charge is -2.26. The maximum absolute atomic E-state index is 9.88. The summed E-state index contributed by atoms with van der Waals surface area (Å²) < 4.78 is 5.26. The summed E-state index contributed by atoms with van der Waals surface area (Å²) in [4.78, 5) is 6.26. The van der Waals surface area contributed by atoms with Crippen LogP contribution in [0, 0.1) is 0 Å². The van der Waals surface area contributed by atoms with E-state index in [1.54, 1.807) is 13.8 Å². The normalized spacial score (nSPS) is 11.6. The van der Waals surface area contributed by atoms with Crippen LogP contribution in [0.5, 0.6) is 0 Å². The summed E-state index contributed by atoms with van der Waals surface area (Å²) in [5.41, 5.74) is 0.0874. The SMILES string of the molecule is CCN(CC(C)(C)O)c1noc(-c2ccccc2)n1. The highest BCUT2D eigenvalue weighted by atomic mass is 16.5. The largest absolute Gasteiger partial charge is 0.389 e. The number of rotatable bonds is 5. The summed E-state index contributed by atoms with van der Waals surface area (Å²) in [7, 11) is 0. The van der Waals surface area contributed by atoms with Gasteiger partial charge in [0.25, 0.3) is 11.8 Å². The number of nitrogens with zero attached hydrogens (tertiary/aromatic N) is 3. The molecule has 1 N–H and O–H groups in total. The molecule has 0 unspecified atom stereocenters. The van der Waals surface area contributed by atoms with Crippen LogP contribution in [0.4, 0.5) is 5.95 Å². The van der Waals surface area contributed by atoms with E-state index in [1.807, 2.05) is 42.2 Å². The van der Waals surface area contributed by atoms with Gasteiger partial charge in [0.15, 0.2) is 0 Å². The summed E-state index contributed by atoms with van der Waals surface area (Å²) in [5.74, 6) is 0.994. The van der Waals surface area contributed by atoms with Gasteiger partial charge in [-0.25, -0.2) is 0 Å². The van der Waals surface area contributed by atoms with E-state index in [9.17, 15) is 5.11 Å². The average Bonchev–Trinajstić information content (AvgIpc) is 2.85. The van der Waals surface area contributed by atoms with Gasteiger partial charge in [-0.3, -0.25) is 0 Å². The molecule has 0 aliphatic carbocycles. The zero-order valence-electron chi connectivity index (χ0n) is 11.5. The van der Waals surface area contributed by atoms with Gasteiger partial charge in [-0.15, -0.1) is 0 Å². The van der Waals surface area contributed by atoms with Gasteiger partial charge in [-0.2, -0.15) is 4.98 Å². The van der Waals surface area contributed by atoms with E-state index in [0.717, 1.165) is 5.56 Å². The van der Waals surface area contributed by atoms with Gasteiger partial charge in [0, 0.05) is 18.7 Å². The first kappa shape index (κ1) is 13.5. The molecule has 0 saturated heterocycles. The summed E-state index contributed by atoms with van der Waals surface area (Å²) in [5, 5.41) is 13.9. The van der Waals surface area contributed by atoms with Gasteiger partial charge in [0.1, 0.15) is 0 Å². The topological polar surface area (TPSA) is 62.4 Å². The Morgan fingerprint density at radius 3 is 2.53 bits per heavy atom. The Labute approximate surface area is 112 Å². The monoisotopic (exact) mass is 261 g/mol. The highest BCUT2D eigenvalue weighted by Gasteiger charge is 2.21. The van der Waals surface area contributed by atoms with Crippen LogP contribution in [0.1, 0.15) is 20.8 Å². The molecule has 0 amide bonds. The number of hydrogen-bond acceptors (Lipinski definition) is 5. The molecule has 2 aromatic rings. The standard InChI is InChI=1S/C14H19N3O2/c1-4-17(10-14(2,3)18)13-15-12(19-16-13)11-8-6-5-7-9-11/h5-9,18H,4,10H2,1-3H3. The first-order valence-electron chi connectivity index (χ1n) is 6.36. The summed E-state index contributed by atoms with van der Waals surface area (Å²) in [6.45, 7) is 6.67. The minimum Gasteiger partial charge on any atom is -0.389 e. The molecule has 102 valence electrons. The Balaban J connectivity index is 2.20. The molecule has 0 radical (unpaired) electrons. The van der Waals surface area contributed by atoms with Gasteiger partial charge in [-0.05, 0) is 38.1 Å². The van der Waals surface area contributed by atoms with Crippen molar-refractivity contribution in [3.05, 3.63) is 30.3 Å². The molecule has 5 nitrogen and oxygen atoms in total. The van der Waals surface area contributed by atoms with E-state index in [4.69, 9.17) is 4.52 Å². The van der Waals surface area contributed by atoms with Crippen molar-refractivity contribution in [2.24, 2.45) is 0 Å². The molecule has 2 rings (SSSR count). The fourth-order valence-electron chi connectivity index (χ4n) is 1.83. The maximum atomic E-state index is 9.88. The number of hydrogen-bond donors (Lipinski definition) is 1. The molecule has 0 aliphatic heterocycles. The third-order valence-corrected chi connectivity index (χ3v) is 2.68. The van der Waals surface area contributed by atoms with Crippen LogP contribution in [-0.2, 0) is 0 Å². The van der Waals surface area contributed by atoms with Crippen LogP contribution in [0.25, 0.3) is 11.5 Å². The third kappa shape index (κ3) is 3.54. The van der Waals surface area contributed by atoms with E-state index < -0.39 is 5.60 Å². The fourth-order valence-corrected chi connectivity index (χ4v) is 1.83. The average molecular weight is 261 g/mol. The van der Waals surface area contributed by atoms with E-state index in [1.165, 1.54) is 0 Å². The third-order valence-electron chi connectivity index (χ3n) is 2.68. The van der Waals surface area contributed by atoms with Gasteiger partial charge in [-0.1, -0.05) is 18.2 Å². The Morgan fingerprint density at radius 2 is 1.95 bits per heavy atom. The van der Waals surface area contributed by atoms with Gasteiger partial charge in [0.2, 0.25) is 0 Å². The zero-order valence-corrected chi connectivity index (χ0v) is 11.5. The summed E-state index contributed by atoms with van der Waals surface area (Å²) >= 11 is 0. The lowest BCUT2D eigenvalue weighted by Crippen LogP contribution is -2.39. The van der Waals surface area contributed by atoms with Crippen molar-refractivity contribution < 1.29 is 9.63 Å². The predicted octanol–water partition coefficient (Wildman–Crippen LogP) is 2.33. The van der Waals surface area contributed by atoms with Crippen LogP contribution >= 0.6 is 0 Å². The molecular weight excluding hydrogens is 242 g/mol. The smallest absolute Gasteiger partial charge is 0.266 e. The van der Waals surface area contributed by atoms with E-state index in [0.29, 0.717) is 24.9 Å². The second-order valence-corrected chi connectivity index (χ2v) is 5.09. The quantitative estimate of drug-likeness (QED) is 0.895. The van der Waals surface area contributed by atoms with Gasteiger partial charge in [0.05, 0.1) is 5.60 Å². The van der Waals surface area contributed by atoms with Crippen molar-refractivity contribution in [3.8, 4) is 11.5 Å². The van der Waals surface area contributed by atoms with Crippen LogP contribution < -0.4 is 4.90 Å². The molecule has 0 bridgehead atoms. The van der Waals surface area contributed by atoms with Gasteiger partial charge < -0.3 is 14.5 Å². The first-order valence-corrected chi connectivity index (χ1v) is 6.36. The Hall–Kier alpha value is -1.88. The molecule has 0 spiro atoms. The lowest BCUT2D eigenvalue weighted by molar-refractivity contribution is 0.0871. The molecule has 1 heterocycles. The molecule has 0 aliphatic rings. The zero-order chi connectivity index (χ0) is 13.9. The fraction of sp³-hybridized carbons (Fsp3) is 0.429. The Kier molecular flexibility index (Phi) is 3.85. The van der Waals surface area contributed by atoms with Crippen molar-refractivity contribution >= 4 is 5.95 Å². The van der Waals surface area contributed by atoms with E-state index in [2.05, 4.69) is 10.1 Å². The van der Waals surface area contributed by atoms with Crippen molar-refractivity contribution in [1.82, 2.24) is 10.1 Å². The van der Waals surface area contributed by atoms with Gasteiger partial charge >= 0.3 is 0 Å². The highest BCUT2D eigenvalue weighted by Crippen LogP contribution is 2.20. The highest BCUT2D eigenvalue weighted by molar-refractivity contribution is 5.54. The van der Waals surface area contributed by atoms with E-state index >= 15 is 0 Å². The van der Waals surface area contributed by atoms with Crippen LogP contribution in [-0.4, -0.2) is 33.9 Å². The summed E-state index contributed by atoms with van der Waals surface area (Å²) in [6.07, 6.45) is 0. The second kappa shape index (κ2) is 5.40. The molecule has 5 heteroatoms. The Morgan fingerprint density at radius 1 is 1.26 bits per heavy atom. The second-order valence-electron chi connectivity index (χ2n) is 5.09. The molecule has 19 heavy (non-hydrogen) atoms. The number of anilines is 1. The molecule has 0 fully saturated rings. The maximum Gasteiger partial charge on any atom is 0.266 e. The summed E-state index contributed by atoms with van der Waals surface area (Å²) in [6, 6.07) is 9.63. The lowest BCUT2D eigenvalue weighted by atomic mass is 10.1. The first-order chi connectivity index (χ1) is 8.99. The van der Waals surface area contributed by atoms with Crippen LogP contribution in [0.2, 0.25) is 0 Å². The molecule has 0 saturated carbocycles. The van der Waals surface area contributed by atoms with Crippen molar-refractivity contribution in [2.45, 2.75) is 26.4 Å². The molecule has 1 aromatic heterocycles. The number of likely N-dealkylation sites (N-methyl/N-ethyl adjacent to an activating group) is 1. The van der Waals surface area contributed by atoms with Crippen molar-refractivity contribution in [2.75, 3.05) is 18.0 Å². The number of aromatic nitrogens is 2. The molecule has 0 atom stereocenters. The van der Waals surface area contributed by atoms with Crippen LogP contribution in [0.15, 0.2) is 34.9 Å². The van der Waals surface area contributed by atoms with E-state index in [-0.39, 0.29) is 0 Å². The number of benzene rings is 1. The molecular formula is C14H19N3O2. The van der Waals surface area contributed by atoms with Crippen LogP contribution in [0.3, 0.4) is 0 Å². The van der Waals surface area contributed by atoms with Crippen molar-refractivity contribution in [1.29, 1.82) is 0 Å². The minimum absolute atomic E-state index is 0.456. The Bertz CT molecular complexity index is 517. The predicted molar refractivity (Wildman–Crippen MR) is 73.9 cm³/mol. The van der Waals surface area contributed by atoms with Crippen molar-refractivity contribution in [3.63, 3.8) is 0 Å².